The molecule has 2 aromatic rings. The number of nitrogens with one attached hydrogen (secondary N) is 2. The highest BCUT2D eigenvalue weighted by Crippen LogP contribution is 2.25. The van der Waals surface area contributed by atoms with E-state index in [-0.39, 0.29) is 30.2 Å². The maximum atomic E-state index is 12.0. The van der Waals surface area contributed by atoms with Crippen molar-refractivity contribution < 1.29 is 14.5 Å². The number of carbonyl (C=O) groups excluding carboxylic acids is 2. The maximum Gasteiger partial charge on any atom is 0.284 e. The molecule has 0 radical (unpaired) electrons. The molecule has 2 N–H and O–H groups in total. The number of rotatable bonds is 6. The molecule has 2 aromatic carbocycles. The molecular formula is C16H14BrN3O4. The van der Waals surface area contributed by atoms with Crippen molar-refractivity contribution in [1.82, 2.24) is 10.6 Å². The van der Waals surface area contributed by atoms with Crippen molar-refractivity contribution in [3.8, 4) is 0 Å². The summed E-state index contributed by atoms with van der Waals surface area (Å²) in [6.07, 6.45) is 0. The fraction of sp³-hybridized carbons (Fsp3) is 0.125. The smallest absolute Gasteiger partial charge is 0.284 e. The molecule has 0 saturated carbocycles. The number of hydrogen-bond donors (Lipinski definition) is 2. The highest BCUT2D eigenvalue weighted by Gasteiger charge is 2.15. The molecule has 0 heterocycles. The minimum absolute atomic E-state index is 0.180. The summed E-state index contributed by atoms with van der Waals surface area (Å²) >= 11 is 3.06. The van der Waals surface area contributed by atoms with Gasteiger partial charge in [0, 0.05) is 30.3 Å². The number of nitro benzene ring substituents is 1. The van der Waals surface area contributed by atoms with E-state index in [1.807, 2.05) is 6.07 Å². The van der Waals surface area contributed by atoms with Crippen molar-refractivity contribution in [2.75, 3.05) is 13.1 Å². The first-order valence-corrected chi connectivity index (χ1v) is 7.83. The topological polar surface area (TPSA) is 101 Å². The first kappa shape index (κ1) is 17.6. The van der Waals surface area contributed by atoms with Gasteiger partial charge < -0.3 is 10.6 Å². The van der Waals surface area contributed by atoms with Gasteiger partial charge in [0.1, 0.15) is 0 Å². The van der Waals surface area contributed by atoms with Crippen LogP contribution < -0.4 is 10.6 Å². The van der Waals surface area contributed by atoms with Crippen molar-refractivity contribution in [2.45, 2.75) is 0 Å². The van der Waals surface area contributed by atoms with Crippen molar-refractivity contribution in [3.05, 3.63) is 74.2 Å². The summed E-state index contributed by atoms with van der Waals surface area (Å²) in [5.41, 5.74) is 0.534. The van der Waals surface area contributed by atoms with Gasteiger partial charge in [-0.15, -0.1) is 0 Å². The van der Waals surface area contributed by atoms with E-state index in [0.29, 0.717) is 10.0 Å². The Labute approximate surface area is 146 Å². The highest BCUT2D eigenvalue weighted by atomic mass is 79.9. The SMILES string of the molecule is O=C(NCCNC(=O)c1ccc(Br)c([N+](=O)[O-])c1)c1ccccc1. The van der Waals surface area contributed by atoms with Gasteiger partial charge in [0.2, 0.25) is 0 Å². The van der Waals surface area contributed by atoms with Crippen LogP contribution in [-0.2, 0) is 0 Å². The first-order valence-electron chi connectivity index (χ1n) is 7.04. The molecule has 2 rings (SSSR count). The molecule has 7 nitrogen and oxygen atoms in total. The highest BCUT2D eigenvalue weighted by molar-refractivity contribution is 9.10. The van der Waals surface area contributed by atoms with E-state index in [4.69, 9.17) is 0 Å². The molecule has 0 aliphatic carbocycles. The summed E-state index contributed by atoms with van der Waals surface area (Å²) in [6.45, 7) is 0.458. The molecule has 0 aliphatic rings. The number of nitrogens with zero attached hydrogens (tertiary/aromatic N) is 1. The monoisotopic (exact) mass is 391 g/mol. The molecule has 8 heteroatoms. The van der Waals surface area contributed by atoms with Crippen molar-refractivity contribution >= 4 is 33.4 Å². The molecule has 0 unspecified atom stereocenters. The Bertz CT molecular complexity index is 765. The molecule has 0 saturated heterocycles. The molecule has 0 spiro atoms. The van der Waals surface area contributed by atoms with Crippen LogP contribution in [0.25, 0.3) is 0 Å². The number of hydrogen-bond acceptors (Lipinski definition) is 4. The third-order valence-electron chi connectivity index (χ3n) is 3.14. The average molecular weight is 392 g/mol. The zero-order valence-electron chi connectivity index (χ0n) is 12.5. The summed E-state index contributed by atoms with van der Waals surface area (Å²) in [4.78, 5) is 34.1. The van der Waals surface area contributed by atoms with E-state index in [9.17, 15) is 19.7 Å². The Morgan fingerprint density at radius 3 is 2.12 bits per heavy atom. The van der Waals surface area contributed by atoms with Gasteiger partial charge in [-0.3, -0.25) is 19.7 Å². The standard InChI is InChI=1S/C16H14BrN3O4/c17-13-7-6-12(10-14(13)20(23)24)16(22)19-9-8-18-15(21)11-4-2-1-3-5-11/h1-7,10H,8-9H2,(H,18,21)(H,19,22). The zero-order chi connectivity index (χ0) is 17.5. The van der Waals surface area contributed by atoms with Crippen LogP contribution in [0.2, 0.25) is 0 Å². The summed E-state index contributed by atoms with van der Waals surface area (Å²) in [7, 11) is 0. The summed E-state index contributed by atoms with van der Waals surface area (Å²) < 4.78 is 0.305. The van der Waals surface area contributed by atoms with E-state index in [0.717, 1.165) is 0 Å². The van der Waals surface area contributed by atoms with Crippen LogP contribution in [0.15, 0.2) is 53.0 Å². The number of amides is 2. The second-order valence-electron chi connectivity index (χ2n) is 4.80. The molecule has 0 aliphatic heterocycles. The molecule has 2 amide bonds. The predicted octanol–water partition coefficient (Wildman–Crippen LogP) is 2.52. The summed E-state index contributed by atoms with van der Waals surface area (Å²) in [6, 6.07) is 12.8. The van der Waals surface area contributed by atoms with Crippen molar-refractivity contribution in [3.63, 3.8) is 0 Å². The third-order valence-corrected chi connectivity index (χ3v) is 3.81. The van der Waals surface area contributed by atoms with E-state index in [2.05, 4.69) is 26.6 Å². The lowest BCUT2D eigenvalue weighted by Gasteiger charge is -2.07. The largest absolute Gasteiger partial charge is 0.350 e. The number of carbonyl (C=O) groups is 2. The van der Waals surface area contributed by atoms with Gasteiger partial charge in [-0.2, -0.15) is 0 Å². The molecule has 124 valence electrons. The molecule has 0 bridgehead atoms. The average Bonchev–Trinajstić information content (AvgIpc) is 2.59. The Kier molecular flexibility index (Phi) is 6.02. The van der Waals surface area contributed by atoms with Crippen molar-refractivity contribution in [1.29, 1.82) is 0 Å². The van der Waals surface area contributed by atoms with Gasteiger partial charge in [-0.25, -0.2) is 0 Å². The lowest BCUT2D eigenvalue weighted by Crippen LogP contribution is -2.34. The fourth-order valence-corrected chi connectivity index (χ4v) is 2.33. The van der Waals surface area contributed by atoms with Gasteiger partial charge in [0.25, 0.3) is 17.5 Å². The number of halogens is 1. The van der Waals surface area contributed by atoms with Gasteiger partial charge in [0.05, 0.1) is 9.40 Å². The van der Waals surface area contributed by atoms with Crippen LogP contribution in [0.1, 0.15) is 20.7 Å². The van der Waals surface area contributed by atoms with E-state index < -0.39 is 10.8 Å². The van der Waals surface area contributed by atoms with Crippen LogP contribution in [0.3, 0.4) is 0 Å². The maximum absolute atomic E-state index is 12.0. The van der Waals surface area contributed by atoms with Gasteiger partial charge in [0.15, 0.2) is 0 Å². The lowest BCUT2D eigenvalue weighted by molar-refractivity contribution is -0.385. The second-order valence-corrected chi connectivity index (χ2v) is 5.66. The van der Waals surface area contributed by atoms with Gasteiger partial charge in [-0.05, 0) is 40.2 Å². The van der Waals surface area contributed by atoms with Crippen LogP contribution in [-0.4, -0.2) is 29.8 Å². The second kappa shape index (κ2) is 8.21. The molecular weight excluding hydrogens is 378 g/mol. The van der Waals surface area contributed by atoms with Crippen LogP contribution in [0.4, 0.5) is 5.69 Å². The van der Waals surface area contributed by atoms with Gasteiger partial charge in [-0.1, -0.05) is 18.2 Å². The van der Waals surface area contributed by atoms with Crippen LogP contribution >= 0.6 is 15.9 Å². The normalized spacial score (nSPS) is 10.0. The zero-order valence-corrected chi connectivity index (χ0v) is 14.1. The van der Waals surface area contributed by atoms with E-state index in [1.165, 1.54) is 18.2 Å². The van der Waals surface area contributed by atoms with E-state index >= 15 is 0 Å². The Hall–Kier alpha value is -2.74. The Morgan fingerprint density at radius 2 is 1.54 bits per heavy atom. The van der Waals surface area contributed by atoms with Crippen molar-refractivity contribution in [2.24, 2.45) is 0 Å². The Balaban J connectivity index is 1.84. The molecule has 24 heavy (non-hydrogen) atoms. The minimum atomic E-state index is -0.569. The molecule has 0 atom stereocenters. The van der Waals surface area contributed by atoms with Gasteiger partial charge >= 0.3 is 0 Å². The fourth-order valence-electron chi connectivity index (χ4n) is 1.94. The molecule has 0 aromatic heterocycles. The summed E-state index contributed by atoms with van der Waals surface area (Å²) in [5.74, 6) is -0.677. The van der Waals surface area contributed by atoms with Crippen LogP contribution in [0.5, 0.6) is 0 Å². The third kappa shape index (κ3) is 4.63. The quantitative estimate of drug-likeness (QED) is 0.448. The molecule has 0 fully saturated rings. The number of nitro groups is 1. The van der Waals surface area contributed by atoms with Crippen LogP contribution in [0, 0.1) is 10.1 Å². The number of benzene rings is 2. The Morgan fingerprint density at radius 1 is 0.958 bits per heavy atom. The lowest BCUT2D eigenvalue weighted by atomic mass is 10.2. The summed E-state index contributed by atoms with van der Waals surface area (Å²) in [5, 5.41) is 16.1. The first-order chi connectivity index (χ1) is 11.5. The minimum Gasteiger partial charge on any atom is -0.350 e. The van der Waals surface area contributed by atoms with E-state index in [1.54, 1.807) is 24.3 Å². The predicted molar refractivity (Wildman–Crippen MR) is 91.9 cm³/mol.